The first-order valence-electron chi connectivity index (χ1n) is 11.0. The maximum absolute atomic E-state index is 12.7. The van der Waals surface area contributed by atoms with Gasteiger partial charge in [0.15, 0.2) is 11.5 Å². The summed E-state index contributed by atoms with van der Waals surface area (Å²) in [5, 5.41) is 12.3. The lowest BCUT2D eigenvalue weighted by atomic mass is 10.1. The van der Waals surface area contributed by atoms with Gasteiger partial charge in [-0.2, -0.15) is 13.7 Å². The SMILES string of the molecule is CCOc1cc(/C=C(\C#N)C(=O)Nc2ccc(C)c(C)c2)ccc1OS(=O)(=O)c1ccc(OC)cc1. The molecule has 0 aliphatic heterocycles. The lowest BCUT2D eigenvalue weighted by Crippen LogP contribution is -2.13. The summed E-state index contributed by atoms with van der Waals surface area (Å²) in [6.07, 6.45) is 1.39. The fourth-order valence-corrected chi connectivity index (χ4v) is 4.13. The monoisotopic (exact) mass is 506 g/mol. The Morgan fingerprint density at radius 1 is 1.00 bits per heavy atom. The van der Waals surface area contributed by atoms with Gasteiger partial charge in [0.25, 0.3) is 5.91 Å². The molecule has 36 heavy (non-hydrogen) atoms. The first-order valence-corrected chi connectivity index (χ1v) is 12.4. The molecule has 0 fully saturated rings. The van der Waals surface area contributed by atoms with Gasteiger partial charge in [0.1, 0.15) is 22.3 Å². The van der Waals surface area contributed by atoms with Crippen molar-refractivity contribution >= 4 is 27.8 Å². The molecule has 186 valence electrons. The number of hydrogen-bond donors (Lipinski definition) is 1. The predicted octanol–water partition coefficient (Wildman–Crippen LogP) is 5.02. The van der Waals surface area contributed by atoms with E-state index in [9.17, 15) is 18.5 Å². The van der Waals surface area contributed by atoms with Gasteiger partial charge in [-0.05, 0) is 92.1 Å². The number of anilines is 1. The van der Waals surface area contributed by atoms with E-state index in [0.29, 0.717) is 17.0 Å². The van der Waals surface area contributed by atoms with Crippen molar-refractivity contribution in [3.05, 3.63) is 82.9 Å². The summed E-state index contributed by atoms with van der Waals surface area (Å²) < 4.78 is 41.4. The van der Waals surface area contributed by atoms with E-state index in [1.54, 1.807) is 13.0 Å². The standard InChI is InChI=1S/C27H26N2O6S/c1-5-34-26-16-20(15-21(17-28)27(30)29-22-8-6-18(2)19(3)14-22)7-13-25(26)35-36(31,32)24-11-9-23(33-4)10-12-24/h6-16H,5H2,1-4H3,(H,29,30)/b21-15+. The number of nitrogens with zero attached hydrogens (tertiary/aromatic N) is 1. The Labute approximate surface area is 210 Å². The Morgan fingerprint density at radius 3 is 2.33 bits per heavy atom. The summed E-state index contributed by atoms with van der Waals surface area (Å²) >= 11 is 0. The molecule has 0 aromatic heterocycles. The molecular weight excluding hydrogens is 480 g/mol. The van der Waals surface area contributed by atoms with Crippen molar-refractivity contribution in [1.29, 1.82) is 5.26 Å². The van der Waals surface area contributed by atoms with Gasteiger partial charge in [0.05, 0.1) is 13.7 Å². The van der Waals surface area contributed by atoms with Crippen LogP contribution in [0.4, 0.5) is 5.69 Å². The van der Waals surface area contributed by atoms with Crippen molar-refractivity contribution in [3.63, 3.8) is 0 Å². The normalized spacial score (nSPS) is 11.4. The van der Waals surface area contributed by atoms with E-state index in [4.69, 9.17) is 13.7 Å². The average Bonchev–Trinajstić information content (AvgIpc) is 2.86. The molecule has 3 aromatic carbocycles. The van der Waals surface area contributed by atoms with Gasteiger partial charge in [-0.1, -0.05) is 12.1 Å². The summed E-state index contributed by atoms with van der Waals surface area (Å²) in [5.74, 6) is 0.0640. The summed E-state index contributed by atoms with van der Waals surface area (Å²) in [4.78, 5) is 12.6. The second-order valence-corrected chi connectivity index (χ2v) is 9.32. The van der Waals surface area contributed by atoms with Crippen LogP contribution in [0.1, 0.15) is 23.6 Å². The molecule has 3 aromatic rings. The van der Waals surface area contributed by atoms with Crippen molar-refractivity contribution < 1.29 is 26.9 Å². The van der Waals surface area contributed by atoms with Crippen LogP contribution in [0.3, 0.4) is 0 Å². The Balaban J connectivity index is 1.86. The zero-order chi connectivity index (χ0) is 26.3. The van der Waals surface area contributed by atoms with E-state index in [0.717, 1.165) is 11.1 Å². The number of ether oxygens (including phenoxy) is 2. The highest BCUT2D eigenvalue weighted by molar-refractivity contribution is 7.87. The lowest BCUT2D eigenvalue weighted by Gasteiger charge is -2.13. The van der Waals surface area contributed by atoms with Crippen LogP contribution in [0, 0.1) is 25.2 Å². The number of amides is 1. The summed E-state index contributed by atoms with van der Waals surface area (Å²) in [6, 6.07) is 17.6. The predicted molar refractivity (Wildman–Crippen MR) is 137 cm³/mol. The van der Waals surface area contributed by atoms with Crippen LogP contribution in [-0.2, 0) is 14.9 Å². The van der Waals surface area contributed by atoms with Gasteiger partial charge in [-0.3, -0.25) is 4.79 Å². The van der Waals surface area contributed by atoms with Gasteiger partial charge >= 0.3 is 10.1 Å². The maximum Gasteiger partial charge on any atom is 0.339 e. The fourth-order valence-electron chi connectivity index (χ4n) is 3.19. The molecule has 0 radical (unpaired) electrons. The van der Waals surface area contributed by atoms with Gasteiger partial charge in [-0.25, -0.2) is 0 Å². The fraction of sp³-hybridized carbons (Fsp3) is 0.185. The Bertz CT molecular complexity index is 1440. The minimum Gasteiger partial charge on any atom is -0.497 e. The van der Waals surface area contributed by atoms with Gasteiger partial charge in [0.2, 0.25) is 0 Å². The highest BCUT2D eigenvalue weighted by Gasteiger charge is 2.20. The van der Waals surface area contributed by atoms with Crippen LogP contribution >= 0.6 is 0 Å². The van der Waals surface area contributed by atoms with Crippen molar-refractivity contribution in [2.75, 3.05) is 19.0 Å². The topological polar surface area (TPSA) is 115 Å². The van der Waals surface area contributed by atoms with Gasteiger partial charge in [-0.15, -0.1) is 0 Å². The average molecular weight is 507 g/mol. The number of benzene rings is 3. The Morgan fingerprint density at radius 2 is 1.72 bits per heavy atom. The molecule has 8 nitrogen and oxygen atoms in total. The second-order valence-electron chi connectivity index (χ2n) is 7.78. The van der Waals surface area contributed by atoms with E-state index in [1.165, 1.54) is 55.7 Å². The van der Waals surface area contributed by atoms with Crippen molar-refractivity contribution in [2.45, 2.75) is 25.7 Å². The zero-order valence-corrected chi connectivity index (χ0v) is 21.2. The molecule has 3 rings (SSSR count). The Hall–Kier alpha value is -4.29. The lowest BCUT2D eigenvalue weighted by molar-refractivity contribution is -0.112. The first-order chi connectivity index (χ1) is 17.2. The smallest absolute Gasteiger partial charge is 0.339 e. The minimum absolute atomic E-state index is 0.0251. The summed E-state index contributed by atoms with van der Waals surface area (Å²) in [7, 11) is -2.66. The molecular formula is C27H26N2O6S. The maximum atomic E-state index is 12.7. The molecule has 0 atom stereocenters. The molecule has 1 amide bonds. The number of hydrogen-bond acceptors (Lipinski definition) is 7. The number of rotatable bonds is 9. The van der Waals surface area contributed by atoms with Crippen LogP contribution in [0.5, 0.6) is 17.2 Å². The van der Waals surface area contributed by atoms with Crippen molar-refractivity contribution in [1.82, 2.24) is 0 Å². The molecule has 0 unspecified atom stereocenters. The molecule has 0 saturated carbocycles. The third-order valence-electron chi connectivity index (χ3n) is 5.26. The third kappa shape index (κ3) is 6.43. The highest BCUT2D eigenvalue weighted by atomic mass is 32.2. The number of nitrogens with one attached hydrogen (secondary N) is 1. The first kappa shape index (κ1) is 26.3. The number of carbonyl (C=O) groups excluding carboxylic acids is 1. The molecule has 9 heteroatoms. The Kier molecular flexibility index (Phi) is 8.35. The van der Waals surface area contributed by atoms with Gasteiger partial charge in [0, 0.05) is 5.69 Å². The number of nitriles is 1. The van der Waals surface area contributed by atoms with Crippen LogP contribution in [0.15, 0.2) is 71.1 Å². The number of aryl methyl sites for hydroxylation is 2. The van der Waals surface area contributed by atoms with E-state index >= 15 is 0 Å². The van der Waals surface area contributed by atoms with Gasteiger partial charge < -0.3 is 19.0 Å². The molecule has 0 bridgehead atoms. The molecule has 1 N–H and O–H groups in total. The minimum atomic E-state index is -4.14. The van der Waals surface area contributed by atoms with E-state index in [-0.39, 0.29) is 28.6 Å². The molecule has 0 aliphatic rings. The largest absolute Gasteiger partial charge is 0.497 e. The zero-order valence-electron chi connectivity index (χ0n) is 20.4. The van der Waals surface area contributed by atoms with Crippen molar-refractivity contribution in [3.8, 4) is 23.3 Å². The molecule has 0 saturated heterocycles. The van der Waals surface area contributed by atoms with E-state index < -0.39 is 16.0 Å². The van der Waals surface area contributed by atoms with Crippen LogP contribution in [0.25, 0.3) is 6.08 Å². The van der Waals surface area contributed by atoms with Crippen LogP contribution < -0.4 is 19.0 Å². The third-order valence-corrected chi connectivity index (χ3v) is 6.50. The number of methoxy groups -OCH3 is 1. The molecule has 0 aliphatic carbocycles. The molecule has 0 heterocycles. The number of carbonyl (C=O) groups is 1. The quantitative estimate of drug-likeness (QED) is 0.246. The molecule has 0 spiro atoms. The van der Waals surface area contributed by atoms with Crippen LogP contribution in [0.2, 0.25) is 0 Å². The summed E-state index contributed by atoms with van der Waals surface area (Å²) in [5.41, 5.74) is 3.00. The summed E-state index contributed by atoms with van der Waals surface area (Å²) in [6.45, 7) is 5.87. The van der Waals surface area contributed by atoms with E-state index in [1.807, 2.05) is 32.0 Å². The van der Waals surface area contributed by atoms with Crippen molar-refractivity contribution in [2.24, 2.45) is 0 Å². The van der Waals surface area contributed by atoms with E-state index in [2.05, 4.69) is 5.32 Å². The highest BCUT2D eigenvalue weighted by Crippen LogP contribution is 2.32. The second kappa shape index (κ2) is 11.4. The van der Waals surface area contributed by atoms with Crippen LogP contribution in [-0.4, -0.2) is 28.0 Å².